The minimum absolute atomic E-state index is 0.320. The monoisotopic (exact) mass is 258 g/mol. The predicted molar refractivity (Wildman–Crippen MR) is 74.8 cm³/mol. The van der Waals surface area contributed by atoms with Crippen LogP contribution in [0.25, 0.3) is 0 Å². The van der Waals surface area contributed by atoms with Gasteiger partial charge in [-0.3, -0.25) is 0 Å². The van der Waals surface area contributed by atoms with Crippen molar-refractivity contribution in [2.45, 2.75) is 27.4 Å². The second-order valence-electron chi connectivity index (χ2n) is 4.51. The first-order valence-corrected chi connectivity index (χ1v) is 6.09. The maximum Gasteiger partial charge on any atom is 0.168 e. The molecule has 2 aromatic rings. The maximum atomic E-state index is 5.76. The Morgan fingerprint density at radius 1 is 1.16 bits per heavy atom. The lowest BCUT2D eigenvalue weighted by Crippen LogP contribution is -2.12. The Balaban J connectivity index is 2.14. The van der Waals surface area contributed by atoms with Crippen LogP contribution in [0, 0.1) is 20.8 Å². The highest BCUT2D eigenvalue weighted by molar-refractivity contribution is 5.36. The van der Waals surface area contributed by atoms with E-state index in [9.17, 15) is 0 Å². The van der Waals surface area contributed by atoms with Crippen LogP contribution in [0.3, 0.4) is 0 Å². The third-order valence-corrected chi connectivity index (χ3v) is 2.75. The summed E-state index contributed by atoms with van der Waals surface area (Å²) < 4.78 is 5.76. The number of aromatic nitrogens is 2. The molecule has 0 fully saturated rings. The van der Waals surface area contributed by atoms with E-state index < -0.39 is 0 Å². The molecule has 0 aliphatic heterocycles. The number of ether oxygens (including phenoxy) is 1. The molecule has 1 aromatic carbocycles. The van der Waals surface area contributed by atoms with Crippen molar-refractivity contribution in [3.05, 3.63) is 46.9 Å². The van der Waals surface area contributed by atoms with Gasteiger partial charge in [0.15, 0.2) is 5.82 Å². The van der Waals surface area contributed by atoms with E-state index in [1.54, 1.807) is 6.07 Å². The summed E-state index contributed by atoms with van der Waals surface area (Å²) in [5.41, 5.74) is 5.62. The van der Waals surface area contributed by atoms with E-state index in [0.29, 0.717) is 18.2 Å². The van der Waals surface area contributed by atoms with Gasteiger partial charge in [0.05, 0.1) is 0 Å². The number of benzene rings is 1. The fourth-order valence-corrected chi connectivity index (χ4v) is 1.77. The van der Waals surface area contributed by atoms with Crippen LogP contribution in [-0.2, 0) is 6.61 Å². The summed E-state index contributed by atoms with van der Waals surface area (Å²) in [7, 11) is 0. The normalized spacial score (nSPS) is 10.3. The first-order chi connectivity index (χ1) is 9.08. The molecule has 0 radical (unpaired) electrons. The van der Waals surface area contributed by atoms with Gasteiger partial charge in [-0.15, -0.1) is 0 Å². The molecule has 0 aliphatic carbocycles. The Kier molecular flexibility index (Phi) is 3.97. The molecule has 19 heavy (non-hydrogen) atoms. The van der Waals surface area contributed by atoms with Crippen LogP contribution in [0.5, 0.6) is 5.75 Å². The van der Waals surface area contributed by atoms with Gasteiger partial charge in [-0.1, -0.05) is 12.1 Å². The number of anilines is 1. The third-order valence-electron chi connectivity index (χ3n) is 2.75. The molecule has 0 spiro atoms. The van der Waals surface area contributed by atoms with Crippen LogP contribution in [-0.4, -0.2) is 9.97 Å². The zero-order valence-corrected chi connectivity index (χ0v) is 11.4. The van der Waals surface area contributed by atoms with E-state index in [1.807, 2.05) is 32.9 Å². The highest BCUT2D eigenvalue weighted by Crippen LogP contribution is 2.20. The zero-order chi connectivity index (χ0) is 13.8. The van der Waals surface area contributed by atoms with Gasteiger partial charge in [-0.25, -0.2) is 15.8 Å². The second-order valence-corrected chi connectivity index (χ2v) is 4.51. The Labute approximate surface area is 112 Å². The molecular formula is C14H18N4O. The van der Waals surface area contributed by atoms with Crippen LogP contribution in [0.1, 0.15) is 22.6 Å². The molecule has 2 rings (SSSR count). The highest BCUT2D eigenvalue weighted by Gasteiger charge is 2.04. The Morgan fingerprint density at radius 3 is 2.68 bits per heavy atom. The first kappa shape index (κ1) is 13.3. The number of nitrogens with one attached hydrogen (secondary N) is 1. The quantitative estimate of drug-likeness (QED) is 0.650. The van der Waals surface area contributed by atoms with Crippen LogP contribution in [0.15, 0.2) is 24.3 Å². The largest absolute Gasteiger partial charge is 0.485 e. The van der Waals surface area contributed by atoms with Crippen LogP contribution in [0.4, 0.5) is 5.82 Å². The number of rotatable bonds is 4. The number of hydrogen-bond donors (Lipinski definition) is 2. The van der Waals surface area contributed by atoms with Crippen molar-refractivity contribution in [2.24, 2.45) is 5.84 Å². The Bertz CT molecular complexity index is 584. The van der Waals surface area contributed by atoms with E-state index in [4.69, 9.17) is 10.6 Å². The number of aryl methyl sites for hydroxylation is 3. The molecule has 1 heterocycles. The fourth-order valence-electron chi connectivity index (χ4n) is 1.77. The predicted octanol–water partition coefficient (Wildman–Crippen LogP) is 2.27. The van der Waals surface area contributed by atoms with E-state index in [0.717, 1.165) is 22.6 Å². The summed E-state index contributed by atoms with van der Waals surface area (Å²) in [5, 5.41) is 0. The molecule has 3 N–H and O–H groups in total. The summed E-state index contributed by atoms with van der Waals surface area (Å²) >= 11 is 0. The van der Waals surface area contributed by atoms with Crippen LogP contribution in [0.2, 0.25) is 0 Å². The molecule has 0 aliphatic rings. The van der Waals surface area contributed by atoms with Crippen molar-refractivity contribution in [1.82, 2.24) is 9.97 Å². The Hall–Kier alpha value is -2.14. The number of nitrogen functional groups attached to an aromatic ring is 1. The van der Waals surface area contributed by atoms with Crippen molar-refractivity contribution in [3.63, 3.8) is 0 Å². The molecule has 0 saturated heterocycles. The summed E-state index contributed by atoms with van der Waals surface area (Å²) in [6.07, 6.45) is 0. The molecule has 100 valence electrons. The minimum atomic E-state index is 0.320. The van der Waals surface area contributed by atoms with Crippen molar-refractivity contribution < 1.29 is 4.74 Å². The van der Waals surface area contributed by atoms with Crippen molar-refractivity contribution in [2.75, 3.05) is 5.43 Å². The summed E-state index contributed by atoms with van der Waals surface area (Å²) in [4.78, 5) is 8.56. The van der Waals surface area contributed by atoms with Gasteiger partial charge in [-0.2, -0.15) is 0 Å². The van der Waals surface area contributed by atoms with E-state index >= 15 is 0 Å². The first-order valence-electron chi connectivity index (χ1n) is 6.09. The lowest BCUT2D eigenvalue weighted by atomic mass is 10.1. The number of hydrazine groups is 1. The average molecular weight is 258 g/mol. The number of nitrogens with zero attached hydrogens (tertiary/aromatic N) is 2. The fraction of sp³-hybridized carbons (Fsp3) is 0.286. The number of hydrogen-bond acceptors (Lipinski definition) is 5. The Morgan fingerprint density at radius 2 is 1.95 bits per heavy atom. The molecular weight excluding hydrogens is 240 g/mol. The molecule has 0 amide bonds. The van der Waals surface area contributed by atoms with Gasteiger partial charge in [0.1, 0.15) is 18.2 Å². The average Bonchev–Trinajstić information content (AvgIpc) is 2.39. The second kappa shape index (κ2) is 5.67. The standard InChI is InChI=1S/C14H18N4O/c1-9-4-5-10(2)12(6-9)19-8-14-16-11(3)7-13(17-14)18-15/h4-7H,8,15H2,1-3H3,(H,16,17,18). The van der Waals surface area contributed by atoms with Crippen LogP contribution >= 0.6 is 0 Å². The molecule has 0 bridgehead atoms. The summed E-state index contributed by atoms with van der Waals surface area (Å²) in [6, 6.07) is 7.88. The van der Waals surface area contributed by atoms with Gasteiger partial charge >= 0.3 is 0 Å². The molecule has 0 unspecified atom stereocenters. The molecule has 0 atom stereocenters. The highest BCUT2D eigenvalue weighted by atomic mass is 16.5. The lowest BCUT2D eigenvalue weighted by molar-refractivity contribution is 0.293. The van der Waals surface area contributed by atoms with E-state index in [1.165, 1.54) is 0 Å². The van der Waals surface area contributed by atoms with E-state index in [2.05, 4.69) is 21.5 Å². The number of nitrogens with two attached hydrogens (primary N) is 1. The molecule has 0 saturated carbocycles. The van der Waals surface area contributed by atoms with Gasteiger partial charge in [-0.05, 0) is 38.0 Å². The SMILES string of the molecule is Cc1ccc(C)c(OCc2nc(C)cc(NN)n2)c1. The van der Waals surface area contributed by atoms with E-state index in [-0.39, 0.29) is 0 Å². The topological polar surface area (TPSA) is 73.1 Å². The van der Waals surface area contributed by atoms with Gasteiger partial charge in [0.2, 0.25) is 0 Å². The zero-order valence-electron chi connectivity index (χ0n) is 11.4. The molecule has 5 heteroatoms. The van der Waals surface area contributed by atoms with Gasteiger partial charge < -0.3 is 10.2 Å². The third kappa shape index (κ3) is 3.42. The molecule has 1 aromatic heterocycles. The van der Waals surface area contributed by atoms with Gasteiger partial charge in [0.25, 0.3) is 0 Å². The minimum Gasteiger partial charge on any atom is -0.485 e. The van der Waals surface area contributed by atoms with Gasteiger partial charge in [0, 0.05) is 11.8 Å². The molecule has 5 nitrogen and oxygen atoms in total. The van der Waals surface area contributed by atoms with Crippen molar-refractivity contribution in [1.29, 1.82) is 0 Å². The van der Waals surface area contributed by atoms with Crippen molar-refractivity contribution in [3.8, 4) is 5.75 Å². The maximum absolute atomic E-state index is 5.76. The lowest BCUT2D eigenvalue weighted by Gasteiger charge is -2.10. The smallest absolute Gasteiger partial charge is 0.168 e. The summed E-state index contributed by atoms with van der Waals surface area (Å²) in [6.45, 7) is 6.26. The van der Waals surface area contributed by atoms with Crippen LogP contribution < -0.4 is 16.0 Å². The summed E-state index contributed by atoms with van der Waals surface area (Å²) in [5.74, 6) is 7.41. The van der Waals surface area contributed by atoms with Crippen molar-refractivity contribution >= 4 is 5.82 Å².